The van der Waals surface area contributed by atoms with Crippen molar-refractivity contribution in [3.63, 3.8) is 0 Å². The fourth-order valence-electron chi connectivity index (χ4n) is 1.57. The van der Waals surface area contributed by atoms with Crippen LogP contribution in [0.4, 0.5) is 0 Å². The Balaban J connectivity index is 2.46. The van der Waals surface area contributed by atoms with E-state index < -0.39 is 0 Å². The molecule has 0 saturated carbocycles. The predicted molar refractivity (Wildman–Crippen MR) is 76.2 cm³/mol. The van der Waals surface area contributed by atoms with Gasteiger partial charge in [0.2, 0.25) is 5.91 Å². The highest BCUT2D eigenvalue weighted by Crippen LogP contribution is 2.19. The Bertz CT molecular complexity index is 523. The third-order valence-electron chi connectivity index (χ3n) is 2.53. The van der Waals surface area contributed by atoms with Gasteiger partial charge in [0.15, 0.2) is 0 Å². The van der Waals surface area contributed by atoms with Gasteiger partial charge in [0.05, 0.1) is 18.7 Å². The lowest BCUT2D eigenvalue weighted by molar-refractivity contribution is -0.142. The largest absolute Gasteiger partial charge is 0.466 e. The second-order valence-electron chi connectivity index (χ2n) is 4.09. The minimum Gasteiger partial charge on any atom is -0.466 e. The molecule has 0 saturated heterocycles. The summed E-state index contributed by atoms with van der Waals surface area (Å²) in [6.45, 7) is 4.12. The maximum absolute atomic E-state index is 11.6. The number of ether oxygens (including phenoxy) is 1. The van der Waals surface area contributed by atoms with Gasteiger partial charge in [-0.3, -0.25) is 14.3 Å². The van der Waals surface area contributed by atoms with Crippen LogP contribution in [-0.2, 0) is 21.4 Å². The van der Waals surface area contributed by atoms with Gasteiger partial charge in [-0.2, -0.15) is 5.10 Å². The first kappa shape index (κ1) is 16.2. The maximum atomic E-state index is 11.6. The molecule has 7 heteroatoms. The summed E-state index contributed by atoms with van der Waals surface area (Å²) in [7, 11) is 1.73. The van der Waals surface area contributed by atoms with Gasteiger partial charge in [-0.25, -0.2) is 0 Å². The molecule has 0 aliphatic carbocycles. The van der Waals surface area contributed by atoms with Gasteiger partial charge >= 0.3 is 5.97 Å². The van der Waals surface area contributed by atoms with Gasteiger partial charge in [-0.15, -0.1) is 0 Å². The van der Waals surface area contributed by atoms with Gasteiger partial charge in [-0.1, -0.05) is 11.6 Å². The van der Waals surface area contributed by atoms with E-state index in [1.807, 2.05) is 6.92 Å². The Morgan fingerprint density at radius 2 is 2.20 bits per heavy atom. The highest BCUT2D eigenvalue weighted by Gasteiger charge is 2.08. The van der Waals surface area contributed by atoms with E-state index in [2.05, 4.69) is 10.4 Å². The summed E-state index contributed by atoms with van der Waals surface area (Å²) < 4.78 is 6.29. The van der Waals surface area contributed by atoms with Crippen molar-refractivity contribution in [3.8, 4) is 0 Å². The molecule has 0 aliphatic rings. The molecular weight excluding hydrogens is 282 g/mol. The Morgan fingerprint density at radius 3 is 2.75 bits per heavy atom. The second-order valence-corrected chi connectivity index (χ2v) is 4.45. The molecule has 0 aromatic carbocycles. The number of halogens is 1. The molecule has 0 aliphatic heterocycles. The van der Waals surface area contributed by atoms with Crippen molar-refractivity contribution in [2.45, 2.75) is 20.3 Å². The zero-order valence-electron chi connectivity index (χ0n) is 11.8. The van der Waals surface area contributed by atoms with Crippen molar-refractivity contribution in [1.29, 1.82) is 0 Å². The lowest BCUT2D eigenvalue weighted by Crippen LogP contribution is -2.24. The molecule has 0 radical (unpaired) electrons. The van der Waals surface area contributed by atoms with Gasteiger partial charge in [0.25, 0.3) is 0 Å². The molecule has 0 bridgehead atoms. The summed E-state index contributed by atoms with van der Waals surface area (Å²) in [6.07, 6.45) is 3.12. The number of carbonyl (C=O) groups excluding carboxylic acids is 2. The summed E-state index contributed by atoms with van der Waals surface area (Å²) in [4.78, 5) is 22.6. The number of rotatable bonds is 6. The number of carbonyl (C=O) groups is 2. The van der Waals surface area contributed by atoms with Crippen LogP contribution in [0.3, 0.4) is 0 Å². The van der Waals surface area contributed by atoms with Gasteiger partial charge in [-0.05, 0) is 19.9 Å². The Hall–Kier alpha value is -1.82. The smallest absolute Gasteiger partial charge is 0.307 e. The molecule has 0 spiro atoms. The maximum Gasteiger partial charge on any atom is 0.307 e. The first-order valence-corrected chi connectivity index (χ1v) is 6.64. The van der Waals surface area contributed by atoms with E-state index in [4.69, 9.17) is 16.3 Å². The number of nitrogens with zero attached hydrogens (tertiary/aromatic N) is 2. The summed E-state index contributed by atoms with van der Waals surface area (Å²) >= 11 is 6.03. The van der Waals surface area contributed by atoms with Crippen molar-refractivity contribution in [2.75, 3.05) is 13.2 Å². The predicted octanol–water partition coefficient (Wildman–Crippen LogP) is 1.46. The quantitative estimate of drug-likeness (QED) is 0.637. The average molecular weight is 300 g/mol. The Morgan fingerprint density at radius 1 is 1.50 bits per heavy atom. The molecule has 1 aromatic rings. The number of esters is 1. The number of hydrogen-bond donors (Lipinski definition) is 1. The normalized spacial score (nSPS) is 10.8. The first-order chi connectivity index (χ1) is 9.45. The molecule has 1 heterocycles. The number of nitrogens with one attached hydrogen (secondary N) is 1. The second kappa shape index (κ2) is 7.69. The van der Waals surface area contributed by atoms with Gasteiger partial charge < -0.3 is 10.1 Å². The SMILES string of the molecule is CCOC(=O)CCNC(=O)C=Cc1c(C)nn(C)c1Cl. The minimum atomic E-state index is -0.331. The van der Waals surface area contributed by atoms with Crippen molar-refractivity contribution in [2.24, 2.45) is 7.05 Å². The Kier molecular flexibility index (Phi) is 6.24. The van der Waals surface area contributed by atoms with E-state index in [1.165, 1.54) is 10.8 Å². The molecule has 110 valence electrons. The summed E-state index contributed by atoms with van der Waals surface area (Å²) in [5.74, 6) is -0.628. The van der Waals surface area contributed by atoms with Crippen molar-refractivity contribution < 1.29 is 14.3 Å². The van der Waals surface area contributed by atoms with Crippen molar-refractivity contribution in [3.05, 3.63) is 22.5 Å². The van der Waals surface area contributed by atoms with Gasteiger partial charge in [0.1, 0.15) is 5.15 Å². The van der Waals surface area contributed by atoms with E-state index in [9.17, 15) is 9.59 Å². The zero-order chi connectivity index (χ0) is 15.1. The van der Waals surface area contributed by atoms with Crippen molar-refractivity contribution >= 4 is 29.6 Å². The van der Waals surface area contributed by atoms with Crippen molar-refractivity contribution in [1.82, 2.24) is 15.1 Å². The third-order valence-corrected chi connectivity index (χ3v) is 2.98. The van der Waals surface area contributed by atoms with E-state index in [-0.39, 0.29) is 24.8 Å². The molecule has 1 amide bonds. The zero-order valence-corrected chi connectivity index (χ0v) is 12.5. The van der Waals surface area contributed by atoms with Crippen LogP contribution in [0.2, 0.25) is 5.15 Å². The molecule has 1 N–H and O–H groups in total. The molecule has 6 nitrogen and oxygen atoms in total. The number of aromatic nitrogens is 2. The average Bonchev–Trinajstić information content (AvgIpc) is 2.61. The van der Waals surface area contributed by atoms with Crippen LogP contribution in [0.5, 0.6) is 0 Å². The fraction of sp³-hybridized carbons (Fsp3) is 0.462. The van der Waals surface area contributed by atoms with E-state index in [0.717, 1.165) is 5.69 Å². The molecule has 1 aromatic heterocycles. The highest BCUT2D eigenvalue weighted by atomic mass is 35.5. The van der Waals surface area contributed by atoms with Crippen LogP contribution in [0.1, 0.15) is 24.6 Å². The fourth-order valence-corrected chi connectivity index (χ4v) is 1.81. The summed E-state index contributed by atoms with van der Waals surface area (Å²) in [5, 5.41) is 7.20. The number of amides is 1. The first-order valence-electron chi connectivity index (χ1n) is 6.26. The molecule has 0 atom stereocenters. The van der Waals surface area contributed by atoms with E-state index in [1.54, 1.807) is 20.0 Å². The topological polar surface area (TPSA) is 73.2 Å². The van der Waals surface area contributed by atoms with Crippen LogP contribution < -0.4 is 5.32 Å². The standard InChI is InChI=1S/C13H18ClN3O3/c1-4-20-12(19)7-8-15-11(18)6-5-10-9(2)16-17(3)13(10)14/h5-6H,4,7-8H2,1-3H3,(H,15,18). The summed E-state index contributed by atoms with van der Waals surface area (Å²) in [5.41, 5.74) is 1.45. The third kappa shape index (κ3) is 4.70. The Labute approximate surface area is 122 Å². The van der Waals surface area contributed by atoms with E-state index in [0.29, 0.717) is 17.3 Å². The molecule has 0 unspecified atom stereocenters. The number of hydrogen-bond acceptors (Lipinski definition) is 4. The van der Waals surface area contributed by atoms with Crippen LogP contribution in [0, 0.1) is 6.92 Å². The van der Waals surface area contributed by atoms with E-state index >= 15 is 0 Å². The molecule has 20 heavy (non-hydrogen) atoms. The van der Waals surface area contributed by atoms with Gasteiger partial charge in [0, 0.05) is 25.2 Å². The highest BCUT2D eigenvalue weighted by molar-refractivity contribution is 6.31. The lowest BCUT2D eigenvalue weighted by Gasteiger charge is -2.02. The van der Waals surface area contributed by atoms with Crippen LogP contribution in [-0.4, -0.2) is 34.8 Å². The van der Waals surface area contributed by atoms with Crippen LogP contribution in [0.25, 0.3) is 6.08 Å². The monoisotopic (exact) mass is 299 g/mol. The summed E-state index contributed by atoms with van der Waals surface area (Å²) in [6, 6.07) is 0. The lowest BCUT2D eigenvalue weighted by atomic mass is 10.2. The van der Waals surface area contributed by atoms with Crippen LogP contribution in [0.15, 0.2) is 6.08 Å². The van der Waals surface area contributed by atoms with Crippen LogP contribution >= 0.6 is 11.6 Å². The molecule has 1 rings (SSSR count). The molecule has 0 fully saturated rings. The number of aryl methyl sites for hydroxylation is 2. The molecular formula is C13H18ClN3O3. The minimum absolute atomic E-state index is 0.153.